The van der Waals surface area contributed by atoms with Gasteiger partial charge in [-0.15, -0.1) is 0 Å². The molecule has 1 heterocycles. The SMILES string of the molecule is O=C(O)[C@H]1O[C@@H](Oc2ccccc2[N+](=O)[O-])[C@H](O)[C@H](O)[C@H]1O. The molecule has 4 N–H and O–H groups in total. The van der Waals surface area contributed by atoms with Gasteiger partial charge >= 0.3 is 11.7 Å². The van der Waals surface area contributed by atoms with Crippen molar-refractivity contribution in [2.75, 3.05) is 0 Å². The molecular formula is C12H13NO9. The van der Waals surface area contributed by atoms with Crippen LogP contribution in [0.1, 0.15) is 0 Å². The third-order valence-electron chi connectivity index (χ3n) is 3.12. The minimum Gasteiger partial charge on any atom is -0.479 e. The number of carboxylic acids is 1. The van der Waals surface area contributed by atoms with Crippen LogP contribution < -0.4 is 4.74 Å². The van der Waals surface area contributed by atoms with Crippen LogP contribution in [0.4, 0.5) is 5.69 Å². The lowest BCUT2D eigenvalue weighted by molar-refractivity contribution is -0.387. The normalized spacial score (nSPS) is 31.5. The summed E-state index contributed by atoms with van der Waals surface area (Å²) in [5, 5.41) is 48.7. The molecule has 1 aromatic carbocycles. The molecule has 120 valence electrons. The lowest BCUT2D eigenvalue weighted by Gasteiger charge is -2.38. The summed E-state index contributed by atoms with van der Waals surface area (Å²) in [6.07, 6.45) is -9.03. The number of aliphatic hydroxyl groups is 3. The second-order valence-electron chi connectivity index (χ2n) is 4.58. The van der Waals surface area contributed by atoms with Crippen molar-refractivity contribution in [3.05, 3.63) is 34.4 Å². The Morgan fingerprint density at radius 1 is 1.18 bits per heavy atom. The molecule has 0 spiro atoms. The van der Waals surface area contributed by atoms with Gasteiger partial charge in [-0.25, -0.2) is 4.79 Å². The smallest absolute Gasteiger partial charge is 0.335 e. The largest absolute Gasteiger partial charge is 0.479 e. The van der Waals surface area contributed by atoms with Gasteiger partial charge in [-0.05, 0) is 6.07 Å². The van der Waals surface area contributed by atoms with Crippen molar-refractivity contribution in [3.63, 3.8) is 0 Å². The van der Waals surface area contributed by atoms with E-state index < -0.39 is 47.3 Å². The van der Waals surface area contributed by atoms with Crippen LogP contribution in [-0.2, 0) is 9.53 Å². The number of nitro groups is 1. The number of aliphatic carboxylic acids is 1. The highest BCUT2D eigenvalue weighted by molar-refractivity contribution is 5.73. The zero-order valence-corrected chi connectivity index (χ0v) is 11.0. The number of hydrogen-bond acceptors (Lipinski definition) is 8. The van der Waals surface area contributed by atoms with Gasteiger partial charge in [0, 0.05) is 6.07 Å². The van der Waals surface area contributed by atoms with Crippen LogP contribution in [0, 0.1) is 10.1 Å². The Bertz CT molecular complexity index is 577. The molecule has 1 aliphatic heterocycles. The first-order valence-electron chi connectivity index (χ1n) is 6.15. The zero-order valence-electron chi connectivity index (χ0n) is 11.0. The monoisotopic (exact) mass is 315 g/mol. The molecule has 10 heteroatoms. The quantitative estimate of drug-likeness (QED) is 0.398. The third kappa shape index (κ3) is 2.99. The molecule has 1 fully saturated rings. The van der Waals surface area contributed by atoms with Crippen LogP contribution in [0.2, 0.25) is 0 Å². The van der Waals surface area contributed by atoms with Crippen molar-refractivity contribution in [1.29, 1.82) is 0 Å². The van der Waals surface area contributed by atoms with Gasteiger partial charge < -0.3 is 29.9 Å². The lowest BCUT2D eigenvalue weighted by atomic mass is 9.99. The Labute approximate surface area is 123 Å². The molecule has 0 aromatic heterocycles. The fourth-order valence-electron chi connectivity index (χ4n) is 1.98. The van der Waals surface area contributed by atoms with E-state index in [0.29, 0.717) is 0 Å². The number of carbonyl (C=O) groups is 1. The average molecular weight is 315 g/mol. The van der Waals surface area contributed by atoms with Crippen molar-refractivity contribution >= 4 is 11.7 Å². The summed E-state index contributed by atoms with van der Waals surface area (Å²) in [5.74, 6) is -1.85. The molecule has 0 radical (unpaired) electrons. The summed E-state index contributed by atoms with van der Waals surface area (Å²) >= 11 is 0. The second kappa shape index (κ2) is 6.23. The predicted octanol–water partition coefficient (Wildman–Crippen LogP) is -1.13. The first-order chi connectivity index (χ1) is 10.3. The first kappa shape index (κ1) is 16.1. The van der Waals surface area contributed by atoms with Crippen molar-refractivity contribution in [1.82, 2.24) is 0 Å². The Kier molecular flexibility index (Phi) is 4.56. The number of nitro benzene ring substituents is 1. The van der Waals surface area contributed by atoms with Crippen LogP contribution >= 0.6 is 0 Å². The van der Waals surface area contributed by atoms with Gasteiger partial charge in [-0.3, -0.25) is 10.1 Å². The number of rotatable bonds is 4. The molecule has 0 aliphatic carbocycles. The summed E-state index contributed by atoms with van der Waals surface area (Å²) in [7, 11) is 0. The lowest BCUT2D eigenvalue weighted by Crippen LogP contribution is -2.61. The summed E-state index contributed by atoms with van der Waals surface area (Å²) in [6, 6.07) is 5.19. The van der Waals surface area contributed by atoms with Crippen LogP contribution in [0.5, 0.6) is 5.75 Å². The molecular weight excluding hydrogens is 302 g/mol. The van der Waals surface area contributed by atoms with Crippen LogP contribution in [-0.4, -0.2) is 62.0 Å². The van der Waals surface area contributed by atoms with Gasteiger partial charge in [0.15, 0.2) is 11.9 Å². The molecule has 5 atom stereocenters. The Morgan fingerprint density at radius 2 is 1.82 bits per heavy atom. The van der Waals surface area contributed by atoms with Crippen molar-refractivity contribution in [2.45, 2.75) is 30.7 Å². The van der Waals surface area contributed by atoms with E-state index in [1.807, 2.05) is 0 Å². The highest BCUT2D eigenvalue weighted by Crippen LogP contribution is 2.30. The molecule has 10 nitrogen and oxygen atoms in total. The molecule has 0 saturated carbocycles. The van der Waals surface area contributed by atoms with E-state index in [9.17, 15) is 30.2 Å². The maximum atomic E-state index is 10.9. The summed E-state index contributed by atoms with van der Waals surface area (Å²) in [6.45, 7) is 0. The number of carboxylic acid groups (broad SMARTS) is 1. The Hall–Kier alpha value is -2.27. The topological polar surface area (TPSA) is 160 Å². The summed E-state index contributed by atoms with van der Waals surface area (Å²) < 4.78 is 9.99. The van der Waals surface area contributed by atoms with Crippen molar-refractivity contribution in [2.24, 2.45) is 0 Å². The minimum atomic E-state index is -1.86. The number of nitrogens with zero attached hydrogens (tertiary/aromatic N) is 1. The summed E-state index contributed by atoms with van der Waals surface area (Å²) in [4.78, 5) is 21.1. The molecule has 1 saturated heterocycles. The van der Waals surface area contributed by atoms with E-state index >= 15 is 0 Å². The minimum absolute atomic E-state index is 0.274. The number of hydrogen-bond donors (Lipinski definition) is 4. The predicted molar refractivity (Wildman–Crippen MR) is 68.0 cm³/mol. The van der Waals surface area contributed by atoms with Gasteiger partial charge in [0.25, 0.3) is 0 Å². The molecule has 0 bridgehead atoms. The molecule has 0 amide bonds. The average Bonchev–Trinajstić information content (AvgIpc) is 2.47. The highest BCUT2D eigenvalue weighted by Gasteiger charge is 2.48. The number of aliphatic hydroxyl groups excluding tert-OH is 3. The fraction of sp³-hybridized carbons (Fsp3) is 0.417. The van der Waals surface area contributed by atoms with Gasteiger partial charge in [0.1, 0.15) is 18.3 Å². The maximum Gasteiger partial charge on any atom is 0.335 e. The van der Waals surface area contributed by atoms with E-state index in [0.717, 1.165) is 6.07 Å². The fourth-order valence-corrected chi connectivity index (χ4v) is 1.98. The van der Waals surface area contributed by atoms with Crippen molar-refractivity contribution < 1.29 is 39.6 Å². The second-order valence-corrected chi connectivity index (χ2v) is 4.58. The first-order valence-corrected chi connectivity index (χ1v) is 6.15. The van der Waals surface area contributed by atoms with E-state index in [-0.39, 0.29) is 5.75 Å². The zero-order chi connectivity index (χ0) is 16.4. The van der Waals surface area contributed by atoms with Gasteiger partial charge in [0.2, 0.25) is 6.29 Å². The number of benzene rings is 1. The Morgan fingerprint density at radius 3 is 2.41 bits per heavy atom. The van der Waals surface area contributed by atoms with Gasteiger partial charge in [-0.1, -0.05) is 12.1 Å². The van der Waals surface area contributed by atoms with E-state index in [2.05, 4.69) is 0 Å². The van der Waals surface area contributed by atoms with Crippen molar-refractivity contribution in [3.8, 4) is 5.75 Å². The van der Waals surface area contributed by atoms with Gasteiger partial charge in [-0.2, -0.15) is 0 Å². The molecule has 2 rings (SSSR count). The van der Waals surface area contributed by atoms with E-state index in [1.54, 1.807) is 0 Å². The maximum absolute atomic E-state index is 10.9. The standard InChI is InChI=1S/C12H13NO9/c14-7-8(15)10(11(17)18)22-12(9(7)16)21-6-4-2-1-3-5(6)13(19)20/h1-4,7-10,12,14-16H,(H,17,18)/t7-,8-,9-,10+,12-/m1/s1. The van der Waals surface area contributed by atoms with Crippen LogP contribution in [0.15, 0.2) is 24.3 Å². The molecule has 1 aromatic rings. The summed E-state index contributed by atoms with van der Waals surface area (Å²) in [5.41, 5.74) is -0.425. The van der Waals surface area contributed by atoms with E-state index in [4.69, 9.17) is 14.6 Å². The molecule has 22 heavy (non-hydrogen) atoms. The Balaban J connectivity index is 2.25. The van der Waals surface area contributed by atoms with Gasteiger partial charge in [0.05, 0.1) is 4.92 Å². The highest BCUT2D eigenvalue weighted by atomic mass is 16.7. The van der Waals surface area contributed by atoms with E-state index in [1.165, 1.54) is 18.2 Å². The molecule has 0 unspecified atom stereocenters. The van der Waals surface area contributed by atoms with Crippen LogP contribution in [0.3, 0.4) is 0 Å². The van der Waals surface area contributed by atoms with Crippen LogP contribution in [0.25, 0.3) is 0 Å². The number of ether oxygens (including phenoxy) is 2. The number of para-hydroxylation sites is 2. The molecule has 1 aliphatic rings. The third-order valence-corrected chi connectivity index (χ3v) is 3.12.